The maximum Gasteiger partial charge on any atom is 0.337 e. The smallest absolute Gasteiger partial charge is 0.337 e. The average Bonchev–Trinajstić information content (AvgIpc) is 2.46. The lowest BCUT2D eigenvalue weighted by molar-refractivity contribution is -0.115. The van der Waals surface area contributed by atoms with Gasteiger partial charge in [-0.15, -0.1) is 0 Å². The van der Waals surface area contributed by atoms with E-state index in [-0.39, 0.29) is 17.1 Å². The number of aromatic hydroxyl groups is 1. The molecule has 23 heavy (non-hydrogen) atoms. The van der Waals surface area contributed by atoms with Crippen LogP contribution in [0.2, 0.25) is 0 Å². The van der Waals surface area contributed by atoms with Gasteiger partial charge in [0, 0.05) is 12.8 Å². The molecule has 0 saturated carbocycles. The Bertz CT molecular complexity index is 587. The number of hydrogen-bond acceptors (Lipinski definition) is 5. The number of phenols is 1. The molecule has 0 bridgehead atoms. The summed E-state index contributed by atoms with van der Waals surface area (Å²) < 4.78 is 10.1. The Kier molecular flexibility index (Phi) is 7.32. The van der Waals surface area contributed by atoms with Crippen LogP contribution in [0.3, 0.4) is 0 Å². The van der Waals surface area contributed by atoms with Crippen LogP contribution >= 0.6 is 0 Å². The highest BCUT2D eigenvalue weighted by Gasteiger charge is 2.10. The predicted octanol–water partition coefficient (Wildman–Crippen LogP) is 3.51. The second-order valence-corrected chi connectivity index (χ2v) is 5.83. The molecule has 0 aliphatic heterocycles. The van der Waals surface area contributed by atoms with E-state index in [1.54, 1.807) is 6.08 Å². The van der Waals surface area contributed by atoms with E-state index in [2.05, 4.69) is 4.74 Å². The first-order chi connectivity index (χ1) is 10.8. The Morgan fingerprint density at radius 1 is 1.30 bits per heavy atom. The van der Waals surface area contributed by atoms with Gasteiger partial charge in [-0.2, -0.15) is 0 Å². The first-order valence-electron chi connectivity index (χ1n) is 7.57. The lowest BCUT2D eigenvalue weighted by Gasteiger charge is -2.09. The van der Waals surface area contributed by atoms with Crippen molar-refractivity contribution in [3.05, 3.63) is 35.4 Å². The molecule has 5 heteroatoms. The summed E-state index contributed by atoms with van der Waals surface area (Å²) in [6, 6.07) is 4.34. The molecule has 1 aromatic rings. The van der Waals surface area contributed by atoms with Crippen molar-refractivity contribution in [1.29, 1.82) is 0 Å². The number of ether oxygens (including phenoxy) is 2. The molecule has 0 radical (unpaired) electrons. The van der Waals surface area contributed by atoms with Crippen molar-refractivity contribution in [2.75, 3.05) is 13.7 Å². The summed E-state index contributed by atoms with van der Waals surface area (Å²) in [6.07, 6.45) is 2.76. The van der Waals surface area contributed by atoms with E-state index in [1.807, 2.05) is 20.8 Å². The van der Waals surface area contributed by atoms with E-state index < -0.39 is 5.97 Å². The van der Waals surface area contributed by atoms with E-state index in [9.17, 15) is 14.7 Å². The Balaban J connectivity index is 2.54. The second-order valence-electron chi connectivity index (χ2n) is 5.83. The first-order valence-corrected chi connectivity index (χ1v) is 7.57. The minimum absolute atomic E-state index is 0.114. The Morgan fingerprint density at radius 3 is 2.57 bits per heavy atom. The quantitative estimate of drug-likeness (QED) is 0.586. The van der Waals surface area contributed by atoms with E-state index in [4.69, 9.17) is 4.74 Å². The second kappa shape index (κ2) is 8.98. The Labute approximate surface area is 136 Å². The Hall–Kier alpha value is -2.30. The predicted molar refractivity (Wildman–Crippen MR) is 87.8 cm³/mol. The number of esters is 1. The summed E-state index contributed by atoms with van der Waals surface area (Å²) >= 11 is 0. The molecule has 0 atom stereocenters. The molecule has 5 nitrogen and oxygen atoms in total. The summed E-state index contributed by atoms with van der Waals surface area (Å²) in [5.41, 5.74) is 1.19. The van der Waals surface area contributed by atoms with Crippen LogP contribution in [0, 0.1) is 5.92 Å². The third-order valence-corrected chi connectivity index (χ3v) is 3.15. The minimum Gasteiger partial charge on any atom is -0.504 e. The maximum atomic E-state index is 11.7. The molecule has 1 aromatic carbocycles. The van der Waals surface area contributed by atoms with Gasteiger partial charge < -0.3 is 14.6 Å². The van der Waals surface area contributed by atoms with Crippen molar-refractivity contribution in [2.45, 2.75) is 33.6 Å². The van der Waals surface area contributed by atoms with Crippen LogP contribution in [-0.4, -0.2) is 30.6 Å². The molecule has 0 unspecified atom stereocenters. The average molecular weight is 320 g/mol. The molecule has 1 rings (SSSR count). The van der Waals surface area contributed by atoms with Gasteiger partial charge in [-0.05, 0) is 37.1 Å². The highest BCUT2D eigenvalue weighted by molar-refractivity contribution is 5.90. The molecular formula is C18H24O5. The fourth-order valence-electron chi connectivity index (χ4n) is 2.01. The van der Waals surface area contributed by atoms with Crippen molar-refractivity contribution in [2.24, 2.45) is 5.92 Å². The van der Waals surface area contributed by atoms with Gasteiger partial charge in [0.2, 0.25) is 0 Å². The minimum atomic E-state index is -0.519. The summed E-state index contributed by atoms with van der Waals surface area (Å²) in [4.78, 5) is 23.0. The molecular weight excluding hydrogens is 296 g/mol. The van der Waals surface area contributed by atoms with Crippen LogP contribution in [0.4, 0.5) is 0 Å². The van der Waals surface area contributed by atoms with Crippen molar-refractivity contribution in [3.63, 3.8) is 0 Å². The highest BCUT2D eigenvalue weighted by Crippen LogP contribution is 2.27. The number of ketones is 1. The number of allylic oxidation sites excluding steroid dienone is 1. The van der Waals surface area contributed by atoms with Gasteiger partial charge in [-0.3, -0.25) is 4.79 Å². The number of benzene rings is 1. The van der Waals surface area contributed by atoms with Gasteiger partial charge in [-0.1, -0.05) is 19.4 Å². The molecule has 0 fully saturated rings. The third kappa shape index (κ3) is 6.55. The SMILES string of the molecule is COC(=O)c1ccc(OCC/C(C)=C\C(=O)CC(C)C)c(O)c1. The van der Waals surface area contributed by atoms with E-state index in [0.29, 0.717) is 31.1 Å². The fraction of sp³-hybridized carbons (Fsp3) is 0.444. The zero-order chi connectivity index (χ0) is 17.4. The molecule has 1 N–H and O–H groups in total. The molecule has 0 saturated heterocycles. The van der Waals surface area contributed by atoms with Crippen LogP contribution < -0.4 is 4.74 Å². The van der Waals surface area contributed by atoms with E-state index in [0.717, 1.165) is 5.57 Å². The highest BCUT2D eigenvalue weighted by atomic mass is 16.5. The molecule has 0 amide bonds. The van der Waals surface area contributed by atoms with Crippen LogP contribution in [0.1, 0.15) is 44.0 Å². The zero-order valence-corrected chi connectivity index (χ0v) is 14.1. The van der Waals surface area contributed by atoms with Crippen LogP contribution in [0.25, 0.3) is 0 Å². The summed E-state index contributed by atoms with van der Waals surface area (Å²) in [5, 5.41) is 9.84. The molecule has 0 aliphatic carbocycles. The summed E-state index contributed by atoms with van der Waals surface area (Å²) in [6.45, 7) is 6.22. The van der Waals surface area contributed by atoms with Crippen molar-refractivity contribution >= 4 is 11.8 Å². The number of carbonyl (C=O) groups excluding carboxylic acids is 2. The van der Waals surface area contributed by atoms with Gasteiger partial charge in [0.15, 0.2) is 17.3 Å². The molecule has 126 valence electrons. The first kappa shape index (κ1) is 18.7. The van der Waals surface area contributed by atoms with Gasteiger partial charge in [0.1, 0.15) is 0 Å². The van der Waals surface area contributed by atoms with Crippen molar-refractivity contribution < 1.29 is 24.2 Å². The third-order valence-electron chi connectivity index (χ3n) is 3.15. The largest absolute Gasteiger partial charge is 0.504 e. The standard InChI is InChI=1S/C18H24O5/c1-12(2)9-15(19)10-13(3)7-8-23-17-6-5-14(11-16(17)20)18(21)22-4/h5-6,10-12,20H,7-9H2,1-4H3/b13-10-. The fourth-order valence-corrected chi connectivity index (χ4v) is 2.01. The molecule has 0 spiro atoms. The maximum absolute atomic E-state index is 11.7. The van der Waals surface area contributed by atoms with Gasteiger partial charge >= 0.3 is 5.97 Å². The summed E-state index contributed by atoms with van der Waals surface area (Å²) in [7, 11) is 1.28. The van der Waals surface area contributed by atoms with Crippen LogP contribution in [0.5, 0.6) is 11.5 Å². The van der Waals surface area contributed by atoms with Gasteiger partial charge in [0.25, 0.3) is 0 Å². The number of hydrogen-bond donors (Lipinski definition) is 1. The number of carbonyl (C=O) groups is 2. The monoisotopic (exact) mass is 320 g/mol. The number of methoxy groups -OCH3 is 1. The zero-order valence-electron chi connectivity index (χ0n) is 14.1. The normalized spacial score (nSPS) is 11.4. The van der Waals surface area contributed by atoms with Crippen molar-refractivity contribution in [3.8, 4) is 11.5 Å². The number of rotatable bonds is 8. The van der Waals surface area contributed by atoms with E-state index in [1.165, 1.54) is 25.3 Å². The van der Waals surface area contributed by atoms with Gasteiger partial charge in [-0.25, -0.2) is 4.79 Å². The lowest BCUT2D eigenvalue weighted by atomic mass is 10.0. The Morgan fingerprint density at radius 2 is 2.00 bits per heavy atom. The lowest BCUT2D eigenvalue weighted by Crippen LogP contribution is -2.03. The molecule has 0 aliphatic rings. The molecule has 0 aromatic heterocycles. The topological polar surface area (TPSA) is 72.8 Å². The number of phenolic OH excluding ortho intramolecular Hbond substituents is 1. The van der Waals surface area contributed by atoms with E-state index >= 15 is 0 Å². The summed E-state index contributed by atoms with van der Waals surface area (Å²) in [5.74, 6) is 0.106. The molecule has 0 heterocycles. The van der Waals surface area contributed by atoms with Crippen LogP contribution in [-0.2, 0) is 9.53 Å². The van der Waals surface area contributed by atoms with Crippen molar-refractivity contribution in [1.82, 2.24) is 0 Å². The van der Waals surface area contributed by atoms with Crippen LogP contribution in [0.15, 0.2) is 29.8 Å². The van der Waals surface area contributed by atoms with Gasteiger partial charge in [0.05, 0.1) is 19.3 Å².